The van der Waals surface area contributed by atoms with Gasteiger partial charge < -0.3 is 10.2 Å². The highest BCUT2D eigenvalue weighted by atomic mass is 19.1. The van der Waals surface area contributed by atoms with E-state index in [1.54, 1.807) is 6.07 Å². The average molecular weight is 286 g/mol. The monoisotopic (exact) mass is 286 g/mol. The van der Waals surface area contributed by atoms with E-state index in [9.17, 15) is 4.39 Å². The molecule has 0 spiro atoms. The van der Waals surface area contributed by atoms with Gasteiger partial charge in [0, 0.05) is 19.6 Å². The third kappa shape index (κ3) is 3.82. The molecule has 0 aliphatic carbocycles. The Kier molecular flexibility index (Phi) is 4.97. The number of nitrogens with one attached hydrogen (secondary N) is 1. The van der Waals surface area contributed by atoms with Crippen molar-refractivity contribution < 1.29 is 4.39 Å². The molecule has 0 radical (unpaired) electrons. The lowest BCUT2D eigenvalue weighted by Crippen LogP contribution is -2.18. The van der Waals surface area contributed by atoms with Crippen molar-refractivity contribution in [3.63, 3.8) is 0 Å². The van der Waals surface area contributed by atoms with Crippen LogP contribution in [0, 0.1) is 12.7 Å². The number of aryl methyl sites for hydroxylation is 1. The minimum Gasteiger partial charge on any atom is -0.368 e. The van der Waals surface area contributed by atoms with Crippen molar-refractivity contribution in [3.8, 4) is 0 Å². The van der Waals surface area contributed by atoms with Gasteiger partial charge in [0.1, 0.15) is 5.82 Å². The van der Waals surface area contributed by atoms with Gasteiger partial charge in [-0.25, -0.2) is 4.39 Å². The number of nitrogens with zero attached hydrogens (tertiary/aromatic N) is 1. The van der Waals surface area contributed by atoms with Gasteiger partial charge in [-0.15, -0.1) is 0 Å². The lowest BCUT2D eigenvalue weighted by Gasteiger charge is -2.21. The summed E-state index contributed by atoms with van der Waals surface area (Å²) < 4.78 is 14.3. The number of hydrogen-bond acceptors (Lipinski definition) is 2. The lowest BCUT2D eigenvalue weighted by atomic mass is 10.1. The Bertz CT molecular complexity index is 610. The Hall–Kier alpha value is -1.87. The second-order valence-electron chi connectivity index (χ2n) is 5.57. The summed E-state index contributed by atoms with van der Waals surface area (Å²) >= 11 is 0. The fourth-order valence-electron chi connectivity index (χ4n) is 2.44. The summed E-state index contributed by atoms with van der Waals surface area (Å²) in [6.07, 6.45) is 0. The first-order valence-corrected chi connectivity index (χ1v) is 7.24. The highest BCUT2D eigenvalue weighted by Gasteiger charge is 2.11. The maximum atomic E-state index is 14.3. The normalized spacial score (nSPS) is 12.2. The highest BCUT2D eigenvalue weighted by Crippen LogP contribution is 2.24. The topological polar surface area (TPSA) is 15.3 Å². The maximum absolute atomic E-state index is 14.3. The van der Waals surface area contributed by atoms with Gasteiger partial charge in [-0.3, -0.25) is 0 Å². The van der Waals surface area contributed by atoms with E-state index in [0.29, 0.717) is 12.2 Å². The molecule has 2 rings (SSSR count). The first kappa shape index (κ1) is 15.5. The Labute approximate surface area is 126 Å². The molecule has 0 saturated carbocycles. The van der Waals surface area contributed by atoms with Crippen LogP contribution in [0.4, 0.5) is 10.1 Å². The Morgan fingerprint density at radius 2 is 1.95 bits per heavy atom. The zero-order valence-electron chi connectivity index (χ0n) is 13.2. The van der Waals surface area contributed by atoms with Crippen LogP contribution in [0.2, 0.25) is 0 Å². The number of halogens is 1. The molecule has 0 bridgehead atoms. The summed E-state index contributed by atoms with van der Waals surface area (Å²) in [5.74, 6) is -0.176. The summed E-state index contributed by atoms with van der Waals surface area (Å²) in [6.45, 7) is 4.78. The maximum Gasteiger partial charge on any atom is 0.146 e. The molecule has 0 amide bonds. The fraction of sp³-hybridized carbons (Fsp3) is 0.333. The standard InChI is InChI=1S/C18H23FN2/c1-13-6-5-7-15(10-13)12-21(4)18-9-8-16(11-17(18)19)14(2)20-3/h5-11,14,20H,12H2,1-4H3. The minimum atomic E-state index is -0.176. The van der Waals surface area contributed by atoms with Gasteiger partial charge in [0.25, 0.3) is 0 Å². The van der Waals surface area contributed by atoms with E-state index in [-0.39, 0.29) is 11.9 Å². The Morgan fingerprint density at radius 3 is 2.57 bits per heavy atom. The molecule has 1 N–H and O–H groups in total. The second kappa shape index (κ2) is 6.72. The molecule has 2 aromatic carbocycles. The number of benzene rings is 2. The SMILES string of the molecule is CNC(C)c1ccc(N(C)Cc2cccc(C)c2)c(F)c1. The predicted molar refractivity (Wildman–Crippen MR) is 87.2 cm³/mol. The summed E-state index contributed by atoms with van der Waals surface area (Å²) in [5, 5.41) is 3.12. The van der Waals surface area contributed by atoms with Gasteiger partial charge >= 0.3 is 0 Å². The molecule has 2 aromatic rings. The first-order chi connectivity index (χ1) is 10.0. The predicted octanol–water partition coefficient (Wildman–Crippen LogP) is 4.05. The second-order valence-corrected chi connectivity index (χ2v) is 5.57. The molecular formula is C18H23FN2. The first-order valence-electron chi connectivity index (χ1n) is 7.24. The molecule has 1 unspecified atom stereocenters. The molecule has 0 aliphatic heterocycles. The van der Waals surface area contributed by atoms with Crippen LogP contribution in [-0.4, -0.2) is 14.1 Å². The van der Waals surface area contributed by atoms with Crippen LogP contribution in [0.1, 0.15) is 29.7 Å². The summed E-state index contributed by atoms with van der Waals surface area (Å²) in [6, 6.07) is 13.9. The summed E-state index contributed by atoms with van der Waals surface area (Å²) in [4.78, 5) is 1.94. The van der Waals surface area contributed by atoms with Crippen molar-refractivity contribution in [2.45, 2.75) is 26.4 Å². The van der Waals surface area contributed by atoms with Crippen molar-refractivity contribution in [3.05, 3.63) is 65.0 Å². The number of rotatable bonds is 5. The van der Waals surface area contributed by atoms with Crippen LogP contribution < -0.4 is 10.2 Å². The van der Waals surface area contributed by atoms with Crippen molar-refractivity contribution in [1.82, 2.24) is 5.32 Å². The van der Waals surface area contributed by atoms with Gasteiger partial charge in [-0.2, -0.15) is 0 Å². The quantitative estimate of drug-likeness (QED) is 0.892. The molecule has 0 aliphatic rings. The van der Waals surface area contributed by atoms with E-state index in [4.69, 9.17) is 0 Å². The molecule has 0 aromatic heterocycles. The van der Waals surface area contributed by atoms with Crippen molar-refractivity contribution in [2.75, 3.05) is 19.0 Å². The smallest absolute Gasteiger partial charge is 0.146 e. The lowest BCUT2D eigenvalue weighted by molar-refractivity contribution is 0.605. The number of anilines is 1. The number of hydrogen-bond donors (Lipinski definition) is 1. The fourth-order valence-corrected chi connectivity index (χ4v) is 2.44. The van der Waals surface area contributed by atoms with E-state index < -0.39 is 0 Å². The van der Waals surface area contributed by atoms with E-state index >= 15 is 0 Å². The Balaban J connectivity index is 2.17. The van der Waals surface area contributed by atoms with Crippen LogP contribution in [-0.2, 0) is 6.54 Å². The van der Waals surface area contributed by atoms with Gasteiger partial charge in [-0.05, 0) is 44.2 Å². The van der Waals surface area contributed by atoms with E-state index in [1.807, 2.05) is 44.1 Å². The van der Waals surface area contributed by atoms with Crippen LogP contribution >= 0.6 is 0 Å². The highest BCUT2D eigenvalue weighted by molar-refractivity contribution is 5.49. The largest absolute Gasteiger partial charge is 0.368 e. The molecule has 3 heteroatoms. The summed E-state index contributed by atoms with van der Waals surface area (Å²) in [5.41, 5.74) is 4.00. The van der Waals surface area contributed by atoms with Crippen LogP contribution in [0.3, 0.4) is 0 Å². The molecule has 112 valence electrons. The molecular weight excluding hydrogens is 263 g/mol. The van der Waals surface area contributed by atoms with Crippen LogP contribution in [0.15, 0.2) is 42.5 Å². The van der Waals surface area contributed by atoms with Gasteiger partial charge in [0.2, 0.25) is 0 Å². The van der Waals surface area contributed by atoms with Crippen LogP contribution in [0.5, 0.6) is 0 Å². The molecule has 0 saturated heterocycles. The Morgan fingerprint density at radius 1 is 1.19 bits per heavy atom. The van der Waals surface area contributed by atoms with Gasteiger partial charge in [-0.1, -0.05) is 35.9 Å². The van der Waals surface area contributed by atoms with Crippen molar-refractivity contribution in [1.29, 1.82) is 0 Å². The third-order valence-electron chi connectivity index (χ3n) is 3.82. The molecule has 21 heavy (non-hydrogen) atoms. The molecule has 0 heterocycles. The van der Waals surface area contributed by atoms with Crippen molar-refractivity contribution >= 4 is 5.69 Å². The average Bonchev–Trinajstić information content (AvgIpc) is 2.46. The zero-order valence-corrected chi connectivity index (χ0v) is 13.2. The third-order valence-corrected chi connectivity index (χ3v) is 3.82. The van der Waals surface area contributed by atoms with Crippen LogP contribution in [0.25, 0.3) is 0 Å². The van der Waals surface area contributed by atoms with Gasteiger partial charge in [0.15, 0.2) is 0 Å². The van der Waals surface area contributed by atoms with Gasteiger partial charge in [0.05, 0.1) is 5.69 Å². The molecule has 1 atom stereocenters. The summed E-state index contributed by atoms with van der Waals surface area (Å²) in [7, 11) is 3.79. The zero-order chi connectivity index (χ0) is 15.4. The minimum absolute atomic E-state index is 0.149. The molecule has 2 nitrogen and oxygen atoms in total. The van der Waals surface area contributed by atoms with E-state index in [1.165, 1.54) is 11.1 Å². The van der Waals surface area contributed by atoms with Crippen molar-refractivity contribution in [2.24, 2.45) is 0 Å². The van der Waals surface area contributed by atoms with E-state index in [0.717, 1.165) is 5.56 Å². The van der Waals surface area contributed by atoms with E-state index in [2.05, 4.69) is 30.4 Å². The molecule has 0 fully saturated rings.